The van der Waals surface area contributed by atoms with Gasteiger partial charge in [-0.3, -0.25) is 28.0 Å². The van der Waals surface area contributed by atoms with Crippen LogP contribution in [-0.4, -0.2) is 227 Å². The van der Waals surface area contributed by atoms with Gasteiger partial charge in [0.1, 0.15) is 54.6 Å². The topological polar surface area (TPSA) is 424 Å². The van der Waals surface area contributed by atoms with Crippen LogP contribution in [-0.2, 0) is 74.5 Å². The maximum absolute atomic E-state index is 14.2. The van der Waals surface area contributed by atoms with Gasteiger partial charge in [0.25, 0.3) is 11.8 Å². The molecule has 0 bridgehead atoms. The van der Waals surface area contributed by atoms with Crippen molar-refractivity contribution in [2.45, 2.75) is 184 Å². The summed E-state index contributed by atoms with van der Waals surface area (Å²) < 4.78 is 101. The summed E-state index contributed by atoms with van der Waals surface area (Å²) in [6, 6.07) is -1.27. The first-order valence-corrected chi connectivity index (χ1v) is 28.6. The number of carbonyl (C=O) groups excluding carboxylic acids is 4. The number of aromatic nitrogens is 3. The normalized spacial score (nSPS) is 31.1. The van der Waals surface area contributed by atoms with Gasteiger partial charge in [-0.1, -0.05) is 50.7 Å². The van der Waals surface area contributed by atoms with E-state index in [1.165, 1.54) is 27.2 Å². The number of hydrogen-bond acceptors (Lipinski definition) is 25. The van der Waals surface area contributed by atoms with E-state index in [9.17, 15) is 62.8 Å². The summed E-state index contributed by atoms with van der Waals surface area (Å²) in [4.78, 5) is 56.0. The molecule has 5 fully saturated rings. The van der Waals surface area contributed by atoms with Crippen LogP contribution in [0.15, 0.2) is 6.20 Å². The third kappa shape index (κ3) is 21.0. The summed E-state index contributed by atoms with van der Waals surface area (Å²) in [6.45, 7) is 2.72. The molecule has 0 aromatic carbocycles. The van der Waals surface area contributed by atoms with Crippen LogP contribution in [0.3, 0.4) is 0 Å². The third-order valence-electron chi connectivity index (χ3n) is 15.0. The molecular formula is C47H76N6Na2O23S2. The third-order valence-corrected chi connectivity index (χ3v) is 15.4. The number of aliphatic hydroxyl groups excluding tert-OH is 5. The molecule has 446 valence electrons. The first kappa shape index (κ1) is 72.5. The van der Waals surface area contributed by atoms with Gasteiger partial charge in [-0.05, 0) is 50.9 Å². The molecule has 7 unspecified atom stereocenters. The van der Waals surface area contributed by atoms with Crippen molar-refractivity contribution in [3.8, 4) is 0 Å². The van der Waals surface area contributed by atoms with Gasteiger partial charge in [-0.25, -0.2) is 8.42 Å². The second kappa shape index (κ2) is 34.4. The van der Waals surface area contributed by atoms with Gasteiger partial charge < -0.3 is 79.1 Å². The Bertz CT molecular complexity index is 2340. The number of nitrogens with zero attached hydrogens (tertiary/aromatic N) is 4. The minimum atomic E-state index is -5.13. The standard InChI is InChI=1S/C47H77N6O20S.2Na.O3S/c1-5-29-18-30(32(57)13-9-14-48-43(62)31-20-53(51-50-31)22-47(23-55,24-67-4)25-68-74(64,65)66)19-33(41(29)73-46-40(61)39(60)37(58)26(2)69-46)71-45-36(49-27(3)56)42(38(59)35(21-54)72-45)70-34(44(63)52-15-10-16-52)17-28-11-7-6-8-12-28;;;1-4(2)3/h20,26,28-30,33-42,45-46,54,58-61H,5-19,21-25H2,1-4H3,(H,48,62)(H,49,56)(H,64,65,66);;;/q-1;2*+1;/p-1/t26?,29?,30?,33-,34+,35+,36?,37-,38+,39+,40?,41-,42?,45-,46+,47?;;;/m1.../s1. The average Bonchev–Trinajstić information content (AvgIpc) is 3.84. The molecular weight excluding hydrogens is 1130 g/mol. The Balaban J connectivity index is 0.00000271. The number of likely N-dealkylation sites (tertiary alicyclic amines) is 1. The van der Waals surface area contributed by atoms with Crippen molar-refractivity contribution in [1.29, 1.82) is 0 Å². The second-order valence-corrected chi connectivity index (χ2v) is 22.3. The molecule has 80 heavy (non-hydrogen) atoms. The molecule has 4 heterocycles. The molecule has 7 N–H and O–H groups in total. The predicted octanol–water partition coefficient (Wildman–Crippen LogP) is -9.60. The van der Waals surface area contributed by atoms with Crippen LogP contribution in [0.5, 0.6) is 0 Å². The molecule has 3 amide bonds. The Hall–Kier alpha value is -1.77. The maximum atomic E-state index is 14.2. The Labute approximate surface area is 510 Å². The molecule has 16 atom stereocenters. The van der Waals surface area contributed by atoms with Crippen molar-refractivity contribution in [3.63, 3.8) is 0 Å². The Morgan fingerprint density at radius 1 is 0.938 bits per heavy atom. The van der Waals surface area contributed by atoms with Crippen LogP contribution in [0, 0.1) is 23.2 Å². The fraction of sp³-hybridized carbons (Fsp3) is 0.872. The number of ketones is 1. The Morgan fingerprint density at radius 2 is 1.61 bits per heavy atom. The van der Waals surface area contributed by atoms with Crippen LogP contribution in [0.2, 0.25) is 0 Å². The molecule has 33 heteroatoms. The van der Waals surface area contributed by atoms with Crippen molar-refractivity contribution < 1.29 is 167 Å². The molecule has 0 radical (unpaired) electrons. The van der Waals surface area contributed by atoms with E-state index in [0.717, 1.165) is 43.2 Å². The first-order valence-electron chi connectivity index (χ1n) is 26.2. The first-order chi connectivity index (χ1) is 36.9. The Kier molecular flexibility index (Phi) is 31.2. The smallest absolute Gasteiger partial charge is 0.854 e. The fourth-order valence-corrected chi connectivity index (χ4v) is 11.1. The van der Waals surface area contributed by atoms with E-state index in [-0.39, 0.29) is 128 Å². The van der Waals surface area contributed by atoms with Crippen molar-refractivity contribution in [3.05, 3.63) is 11.9 Å². The number of Topliss-reactive ketones (excluding diaryl/α,β-unsaturated/α-hetero) is 1. The fourth-order valence-electron chi connectivity index (χ4n) is 10.7. The van der Waals surface area contributed by atoms with Gasteiger partial charge in [-0.15, -0.1) is 24.3 Å². The van der Waals surface area contributed by atoms with Crippen molar-refractivity contribution >= 4 is 44.5 Å². The molecule has 0 spiro atoms. The molecule has 1 aromatic heterocycles. The number of amides is 3. The van der Waals surface area contributed by atoms with E-state index in [4.69, 9.17) is 41.0 Å². The summed E-state index contributed by atoms with van der Waals surface area (Å²) in [5.41, 5.74) is -1.70. The number of hydrogen-bond donors (Lipinski definition) is 7. The zero-order valence-corrected chi connectivity index (χ0v) is 51.8. The van der Waals surface area contributed by atoms with Crippen molar-refractivity contribution in [1.82, 2.24) is 30.5 Å². The quantitative estimate of drug-likeness (QED) is 0.0196. The van der Waals surface area contributed by atoms with Gasteiger partial charge in [0.05, 0.1) is 50.9 Å². The number of carbonyl (C=O) groups is 4. The second-order valence-electron chi connectivity index (χ2n) is 20.8. The summed E-state index contributed by atoms with van der Waals surface area (Å²) in [6.07, 6.45) is -7.70. The zero-order valence-electron chi connectivity index (χ0n) is 46.1. The number of ether oxygens (including phenoxy) is 6. The molecule has 6 rings (SSSR count). The van der Waals surface area contributed by atoms with Gasteiger partial charge in [0.15, 0.2) is 18.3 Å². The van der Waals surface area contributed by atoms with E-state index in [1.807, 2.05) is 6.92 Å². The number of methoxy groups -OCH3 is 1. The van der Waals surface area contributed by atoms with Gasteiger partial charge in [0.2, 0.25) is 16.3 Å². The Morgan fingerprint density at radius 3 is 2.19 bits per heavy atom. The van der Waals surface area contributed by atoms with Gasteiger partial charge in [0, 0.05) is 51.4 Å². The van der Waals surface area contributed by atoms with Crippen molar-refractivity contribution in [2.75, 3.05) is 53.2 Å². The van der Waals surface area contributed by atoms with Crippen LogP contribution in [0.25, 0.3) is 0 Å². The largest absolute Gasteiger partial charge is 1.00 e. The van der Waals surface area contributed by atoms with Gasteiger partial charge >= 0.3 is 69.7 Å². The summed E-state index contributed by atoms with van der Waals surface area (Å²) >= 11 is 0. The van der Waals surface area contributed by atoms with E-state index in [0.29, 0.717) is 25.9 Å². The van der Waals surface area contributed by atoms with E-state index in [1.54, 1.807) is 4.90 Å². The number of rotatable bonds is 26. The van der Waals surface area contributed by atoms with Crippen LogP contribution in [0.4, 0.5) is 0 Å². The predicted molar refractivity (Wildman–Crippen MR) is 260 cm³/mol. The van der Waals surface area contributed by atoms with Crippen LogP contribution in [0.1, 0.15) is 108 Å². The van der Waals surface area contributed by atoms with Crippen molar-refractivity contribution in [2.24, 2.45) is 23.2 Å². The molecule has 3 aliphatic heterocycles. The maximum Gasteiger partial charge on any atom is 1.00 e. The van der Waals surface area contributed by atoms with E-state index < -0.39 is 150 Å². The van der Waals surface area contributed by atoms with Gasteiger partial charge in [-0.2, -0.15) is 0 Å². The molecule has 5 aliphatic rings. The zero-order chi connectivity index (χ0) is 57.5. The SMILES string of the molecule is CCC1CC(C(=O)CCCNC(=O)c2cn(CC(C[O-])(COC)COS(=O)(=O)[O-])nn2)C[C@@H](O[C@@H]2O[C@@H](CO)[C@H](O)C(O[C@@H](CC3CCCCC3)C(=O)N3CCC3)C2NC(C)=O)[C@@H]1O[C@@H]1OC(C)[C@@H](O)[C@H](O)C1O.O=S(=O)=O.[Na+].[Na+]. The minimum Gasteiger partial charge on any atom is -0.854 e. The summed E-state index contributed by atoms with van der Waals surface area (Å²) in [5.74, 6) is -2.62. The molecule has 29 nitrogen and oxygen atoms in total. The average molecular weight is 1200 g/mol. The molecule has 3 saturated heterocycles. The summed E-state index contributed by atoms with van der Waals surface area (Å²) in [7, 11) is -6.97. The molecule has 1 aromatic rings. The minimum absolute atomic E-state index is 0. The number of aliphatic hydroxyl groups is 5. The monoisotopic (exact) mass is 1200 g/mol. The molecule has 2 saturated carbocycles. The van der Waals surface area contributed by atoms with E-state index in [2.05, 4.69) is 25.1 Å². The van der Waals surface area contributed by atoms with Crippen LogP contribution < -0.4 is 74.9 Å². The molecule has 2 aliphatic carbocycles. The number of nitrogens with one attached hydrogen (secondary N) is 2. The summed E-state index contributed by atoms with van der Waals surface area (Å²) in [5, 5.41) is 79.9. The van der Waals surface area contributed by atoms with Crippen LogP contribution >= 0.6 is 0 Å². The van der Waals surface area contributed by atoms with E-state index >= 15 is 0 Å².